The molecule has 2 aliphatic rings. The average molecular weight is 393 g/mol. The van der Waals surface area contributed by atoms with Crippen LogP contribution in [0, 0.1) is 11.8 Å². The summed E-state index contributed by atoms with van der Waals surface area (Å²) in [5.74, 6) is 3.79. The first-order valence-electron chi connectivity index (χ1n) is 9.82. The van der Waals surface area contributed by atoms with Crippen molar-refractivity contribution >= 4 is 11.6 Å². The average Bonchev–Trinajstić information content (AvgIpc) is 3.46. The van der Waals surface area contributed by atoms with Gasteiger partial charge in [0.05, 0.1) is 19.9 Å². The Morgan fingerprint density at radius 3 is 2.76 bits per heavy atom. The Bertz CT molecular complexity index is 996. The highest BCUT2D eigenvalue weighted by molar-refractivity contribution is 6.01. The third kappa shape index (κ3) is 3.51. The van der Waals surface area contributed by atoms with Gasteiger partial charge in [0.15, 0.2) is 0 Å². The molecule has 1 N–H and O–H groups in total. The van der Waals surface area contributed by atoms with Crippen LogP contribution < -0.4 is 10.1 Å². The SMILES string of the molecule is COc1ccc(NC(=O)c2nnc3n2C[C@H]2CN(Cc4ccco4)C[C@H]2C3)cc1. The number of aromatic nitrogens is 3. The number of nitrogens with one attached hydrogen (secondary N) is 1. The highest BCUT2D eigenvalue weighted by Crippen LogP contribution is 2.33. The van der Waals surface area contributed by atoms with Crippen LogP contribution in [-0.2, 0) is 19.5 Å². The van der Waals surface area contributed by atoms with E-state index < -0.39 is 0 Å². The van der Waals surface area contributed by atoms with Gasteiger partial charge in [-0.3, -0.25) is 9.69 Å². The molecule has 29 heavy (non-hydrogen) atoms. The number of methoxy groups -OCH3 is 1. The summed E-state index contributed by atoms with van der Waals surface area (Å²) in [6.07, 6.45) is 2.57. The second-order valence-corrected chi connectivity index (χ2v) is 7.73. The largest absolute Gasteiger partial charge is 0.497 e. The zero-order valence-electron chi connectivity index (χ0n) is 16.2. The molecule has 150 valence electrons. The molecule has 1 fully saturated rings. The molecular weight excluding hydrogens is 370 g/mol. The van der Waals surface area contributed by atoms with E-state index in [0.29, 0.717) is 23.3 Å². The zero-order valence-corrected chi connectivity index (χ0v) is 16.2. The van der Waals surface area contributed by atoms with Gasteiger partial charge in [-0.05, 0) is 48.2 Å². The number of furan rings is 1. The molecule has 2 atom stereocenters. The Labute approximate surface area is 168 Å². The summed E-state index contributed by atoms with van der Waals surface area (Å²) in [5, 5.41) is 11.4. The van der Waals surface area contributed by atoms with Crippen LogP contribution in [0.15, 0.2) is 47.1 Å². The van der Waals surface area contributed by atoms with E-state index in [1.165, 1.54) is 0 Å². The van der Waals surface area contributed by atoms with Gasteiger partial charge in [-0.2, -0.15) is 0 Å². The van der Waals surface area contributed by atoms with Gasteiger partial charge in [-0.25, -0.2) is 0 Å². The van der Waals surface area contributed by atoms with Crippen molar-refractivity contribution in [2.45, 2.75) is 19.5 Å². The molecule has 0 unspecified atom stereocenters. The van der Waals surface area contributed by atoms with Gasteiger partial charge in [0.2, 0.25) is 5.82 Å². The van der Waals surface area contributed by atoms with Gasteiger partial charge in [-0.15, -0.1) is 10.2 Å². The van der Waals surface area contributed by atoms with Crippen LogP contribution in [0.3, 0.4) is 0 Å². The van der Waals surface area contributed by atoms with E-state index in [-0.39, 0.29) is 5.91 Å². The first-order chi connectivity index (χ1) is 14.2. The Kier molecular flexibility index (Phi) is 4.55. The standard InChI is InChI=1S/C21H23N5O3/c1-28-17-6-4-16(5-7-17)22-21(27)20-24-23-19-9-14-10-25(11-15(14)12-26(19)20)13-18-3-2-8-29-18/h2-8,14-15H,9-13H2,1H3,(H,22,27)/t14-,15-/m1/s1. The van der Waals surface area contributed by atoms with Crippen LogP contribution in [0.5, 0.6) is 5.75 Å². The molecule has 0 bridgehead atoms. The monoisotopic (exact) mass is 393 g/mol. The molecule has 0 saturated carbocycles. The Balaban J connectivity index is 1.27. The smallest absolute Gasteiger partial charge is 0.293 e. The van der Waals surface area contributed by atoms with Crippen LogP contribution >= 0.6 is 0 Å². The van der Waals surface area contributed by atoms with Crippen LogP contribution in [0.4, 0.5) is 5.69 Å². The number of nitrogens with zero attached hydrogens (tertiary/aromatic N) is 4. The quantitative estimate of drug-likeness (QED) is 0.717. The van der Waals surface area contributed by atoms with Crippen LogP contribution in [0.2, 0.25) is 0 Å². The van der Waals surface area contributed by atoms with E-state index in [9.17, 15) is 4.79 Å². The second-order valence-electron chi connectivity index (χ2n) is 7.73. The third-order valence-electron chi connectivity index (χ3n) is 5.85. The number of hydrogen-bond acceptors (Lipinski definition) is 6. The Morgan fingerprint density at radius 1 is 1.17 bits per heavy atom. The number of anilines is 1. The lowest BCUT2D eigenvalue weighted by Crippen LogP contribution is -2.31. The number of benzene rings is 1. The van der Waals surface area contributed by atoms with Gasteiger partial charge < -0.3 is 19.0 Å². The maximum Gasteiger partial charge on any atom is 0.293 e. The molecule has 2 aromatic heterocycles. The van der Waals surface area contributed by atoms with Crippen molar-refractivity contribution in [2.24, 2.45) is 11.8 Å². The Hall–Kier alpha value is -3.13. The number of likely N-dealkylation sites (tertiary alicyclic amines) is 1. The molecule has 1 amide bonds. The van der Waals surface area contributed by atoms with Crippen LogP contribution in [-0.4, -0.2) is 45.8 Å². The number of ether oxygens (including phenoxy) is 1. The lowest BCUT2D eigenvalue weighted by Gasteiger charge is -2.25. The molecule has 2 aliphatic heterocycles. The van der Waals surface area contributed by atoms with Gasteiger partial charge in [0.1, 0.15) is 17.3 Å². The second kappa shape index (κ2) is 7.36. The van der Waals surface area contributed by atoms with Crippen molar-refractivity contribution < 1.29 is 13.9 Å². The summed E-state index contributed by atoms with van der Waals surface area (Å²) >= 11 is 0. The number of amides is 1. The Morgan fingerprint density at radius 2 is 2.00 bits per heavy atom. The minimum Gasteiger partial charge on any atom is -0.497 e. The van der Waals surface area contributed by atoms with Gasteiger partial charge in [0.25, 0.3) is 5.91 Å². The van der Waals surface area contributed by atoms with Crippen molar-refractivity contribution in [1.82, 2.24) is 19.7 Å². The number of hydrogen-bond donors (Lipinski definition) is 1. The molecule has 4 heterocycles. The van der Waals surface area contributed by atoms with Crippen molar-refractivity contribution in [3.63, 3.8) is 0 Å². The molecule has 5 rings (SSSR count). The first-order valence-corrected chi connectivity index (χ1v) is 9.82. The van der Waals surface area contributed by atoms with Crippen molar-refractivity contribution in [1.29, 1.82) is 0 Å². The molecule has 0 radical (unpaired) electrons. The van der Waals surface area contributed by atoms with E-state index in [2.05, 4.69) is 20.4 Å². The van der Waals surface area contributed by atoms with Crippen molar-refractivity contribution in [2.75, 3.05) is 25.5 Å². The molecule has 0 spiro atoms. The summed E-state index contributed by atoms with van der Waals surface area (Å²) in [4.78, 5) is 15.2. The maximum atomic E-state index is 12.8. The summed E-state index contributed by atoms with van der Waals surface area (Å²) < 4.78 is 12.6. The molecule has 3 aromatic rings. The molecule has 1 saturated heterocycles. The predicted molar refractivity (Wildman–Crippen MR) is 106 cm³/mol. The number of carbonyl (C=O) groups excluding carboxylic acids is 1. The maximum absolute atomic E-state index is 12.8. The molecule has 8 heteroatoms. The summed E-state index contributed by atoms with van der Waals surface area (Å²) in [6, 6.07) is 11.2. The van der Waals surface area contributed by atoms with Gasteiger partial charge in [0, 0.05) is 31.7 Å². The number of fused-ring (bicyclic) bond motifs is 2. The molecule has 0 aliphatic carbocycles. The fraction of sp³-hybridized carbons (Fsp3) is 0.381. The van der Waals surface area contributed by atoms with Crippen LogP contribution in [0.25, 0.3) is 0 Å². The first kappa shape index (κ1) is 17.9. The lowest BCUT2D eigenvalue weighted by molar-refractivity contribution is 0.100. The van der Waals surface area contributed by atoms with E-state index in [4.69, 9.17) is 9.15 Å². The fourth-order valence-corrected chi connectivity index (χ4v) is 4.40. The fourth-order valence-electron chi connectivity index (χ4n) is 4.40. The number of carbonyl (C=O) groups is 1. The minimum atomic E-state index is -0.238. The molecular formula is C21H23N5O3. The summed E-state index contributed by atoms with van der Waals surface area (Å²) in [6.45, 7) is 3.60. The third-order valence-corrected chi connectivity index (χ3v) is 5.85. The molecule has 1 aromatic carbocycles. The van der Waals surface area contributed by atoms with E-state index >= 15 is 0 Å². The highest BCUT2D eigenvalue weighted by Gasteiger charge is 2.39. The topological polar surface area (TPSA) is 85.4 Å². The van der Waals surface area contributed by atoms with E-state index in [1.54, 1.807) is 13.4 Å². The van der Waals surface area contributed by atoms with Crippen molar-refractivity contribution in [3.05, 3.63) is 60.1 Å². The summed E-state index contributed by atoms with van der Waals surface area (Å²) in [5.41, 5.74) is 0.701. The zero-order chi connectivity index (χ0) is 19.8. The van der Waals surface area contributed by atoms with Gasteiger partial charge in [-0.1, -0.05) is 0 Å². The predicted octanol–water partition coefficient (Wildman–Crippen LogP) is 2.44. The van der Waals surface area contributed by atoms with Crippen LogP contribution in [0.1, 0.15) is 22.2 Å². The van der Waals surface area contributed by atoms with Gasteiger partial charge >= 0.3 is 0 Å². The summed E-state index contributed by atoms with van der Waals surface area (Å²) in [7, 11) is 1.61. The molecule has 8 nitrogen and oxygen atoms in total. The van der Waals surface area contributed by atoms with E-state index in [1.807, 2.05) is 41.0 Å². The minimum absolute atomic E-state index is 0.238. The van der Waals surface area contributed by atoms with E-state index in [0.717, 1.165) is 49.9 Å². The normalized spacial score (nSPS) is 20.9. The number of rotatable bonds is 5. The lowest BCUT2D eigenvalue weighted by atomic mass is 9.89. The highest BCUT2D eigenvalue weighted by atomic mass is 16.5. The van der Waals surface area contributed by atoms with Crippen molar-refractivity contribution in [3.8, 4) is 5.75 Å².